The fourth-order valence-corrected chi connectivity index (χ4v) is 4.11. The van der Waals surface area contributed by atoms with Crippen LogP contribution in [0.4, 0.5) is 0 Å². The van der Waals surface area contributed by atoms with Gasteiger partial charge in [-0.3, -0.25) is 4.99 Å². The highest BCUT2D eigenvalue weighted by Crippen LogP contribution is 2.31. The molecule has 0 spiro atoms. The number of ether oxygens (including phenoxy) is 2. The van der Waals surface area contributed by atoms with Crippen molar-refractivity contribution in [2.45, 2.75) is 57.6 Å². The molecule has 1 atom stereocenters. The van der Waals surface area contributed by atoms with Crippen LogP contribution in [-0.4, -0.2) is 87.5 Å². The van der Waals surface area contributed by atoms with Crippen molar-refractivity contribution in [1.29, 1.82) is 0 Å². The van der Waals surface area contributed by atoms with Crippen LogP contribution in [0, 0.1) is 5.92 Å². The first kappa shape index (κ1) is 23.2. The fraction of sp³-hybridized carbons (Fsp3) is 0.950. The third-order valence-corrected chi connectivity index (χ3v) is 5.80. The topological polar surface area (TPSA) is 49.3 Å². The van der Waals surface area contributed by atoms with Gasteiger partial charge in [-0.25, -0.2) is 0 Å². The lowest BCUT2D eigenvalue weighted by Crippen LogP contribution is -2.47. The van der Waals surface area contributed by atoms with Gasteiger partial charge in [0.2, 0.25) is 0 Å². The van der Waals surface area contributed by atoms with Crippen LogP contribution in [0.3, 0.4) is 0 Å². The summed E-state index contributed by atoms with van der Waals surface area (Å²) >= 11 is 0. The third-order valence-electron chi connectivity index (χ3n) is 5.80. The van der Waals surface area contributed by atoms with E-state index in [1.54, 1.807) is 7.11 Å². The largest absolute Gasteiger partial charge is 0.385 e. The third kappa shape index (κ3) is 7.66. The van der Waals surface area contributed by atoms with Gasteiger partial charge in [-0.1, -0.05) is 0 Å². The van der Waals surface area contributed by atoms with Crippen LogP contribution in [0.5, 0.6) is 0 Å². The van der Waals surface area contributed by atoms with Crippen LogP contribution in [0.2, 0.25) is 0 Å². The molecule has 0 radical (unpaired) electrons. The van der Waals surface area contributed by atoms with Gasteiger partial charge in [-0.15, -0.1) is 24.0 Å². The highest BCUT2D eigenvalue weighted by Gasteiger charge is 2.34. The summed E-state index contributed by atoms with van der Waals surface area (Å²) in [4.78, 5) is 10.1. The van der Waals surface area contributed by atoms with Crippen LogP contribution in [-0.2, 0) is 9.47 Å². The van der Waals surface area contributed by atoms with E-state index in [2.05, 4.69) is 22.0 Å². The van der Waals surface area contributed by atoms with E-state index in [0.717, 1.165) is 76.6 Å². The van der Waals surface area contributed by atoms with E-state index in [-0.39, 0.29) is 24.0 Å². The zero-order chi connectivity index (χ0) is 18.2. The van der Waals surface area contributed by atoms with Crippen molar-refractivity contribution in [1.82, 2.24) is 15.1 Å². The molecule has 1 saturated carbocycles. The van der Waals surface area contributed by atoms with E-state index in [9.17, 15) is 0 Å². The van der Waals surface area contributed by atoms with Crippen molar-refractivity contribution in [3.05, 3.63) is 0 Å². The van der Waals surface area contributed by atoms with Crippen molar-refractivity contribution in [2.75, 3.05) is 59.6 Å². The van der Waals surface area contributed by atoms with Gasteiger partial charge in [0, 0.05) is 59.1 Å². The molecule has 2 heterocycles. The maximum Gasteiger partial charge on any atom is 0.193 e. The van der Waals surface area contributed by atoms with Gasteiger partial charge in [0.1, 0.15) is 0 Å². The number of halogens is 1. The molecule has 0 amide bonds. The zero-order valence-corrected chi connectivity index (χ0v) is 19.5. The molecule has 0 aromatic heterocycles. The molecule has 1 unspecified atom stereocenters. The fourth-order valence-electron chi connectivity index (χ4n) is 4.11. The molecule has 2 aliphatic heterocycles. The standard InChI is InChI=1S/C20H38N4O2.HI/c1-3-21-20(22-15-17-7-10-24(16-17)18-5-6-18)23-11-8-19(9-12-23)26-14-4-13-25-2;/h17-19H,3-16H2,1-2H3,(H,21,22);1H. The van der Waals surface area contributed by atoms with Gasteiger partial charge < -0.3 is 24.6 Å². The SMILES string of the molecule is CCNC(=NCC1CCN(C2CC2)C1)N1CCC(OCCCOC)CC1.I. The Morgan fingerprint density at radius 3 is 2.52 bits per heavy atom. The first-order valence-electron chi connectivity index (χ1n) is 10.7. The molecule has 1 N–H and O–H groups in total. The second-order valence-electron chi connectivity index (χ2n) is 7.98. The number of nitrogens with zero attached hydrogens (tertiary/aromatic N) is 3. The Bertz CT molecular complexity index is 440. The molecular formula is C20H39IN4O2. The smallest absolute Gasteiger partial charge is 0.193 e. The Kier molecular flexibility index (Phi) is 10.7. The molecule has 0 bridgehead atoms. The lowest BCUT2D eigenvalue weighted by molar-refractivity contribution is 0.00989. The van der Waals surface area contributed by atoms with Crippen LogP contribution in [0.25, 0.3) is 0 Å². The van der Waals surface area contributed by atoms with E-state index in [1.165, 1.54) is 32.4 Å². The van der Waals surface area contributed by atoms with Crippen molar-refractivity contribution < 1.29 is 9.47 Å². The Balaban J connectivity index is 0.00000261. The zero-order valence-electron chi connectivity index (χ0n) is 17.2. The summed E-state index contributed by atoms with van der Waals surface area (Å²) in [5.74, 6) is 1.85. The van der Waals surface area contributed by atoms with Crippen LogP contribution >= 0.6 is 24.0 Å². The lowest BCUT2D eigenvalue weighted by atomic mass is 10.1. The second kappa shape index (κ2) is 12.4. The average Bonchev–Trinajstić information content (AvgIpc) is 3.41. The molecule has 2 saturated heterocycles. The number of hydrogen-bond donors (Lipinski definition) is 1. The lowest BCUT2D eigenvalue weighted by Gasteiger charge is -2.34. The van der Waals surface area contributed by atoms with Crippen molar-refractivity contribution >= 4 is 29.9 Å². The maximum absolute atomic E-state index is 5.98. The van der Waals surface area contributed by atoms with Crippen LogP contribution < -0.4 is 5.32 Å². The predicted molar refractivity (Wildman–Crippen MR) is 121 cm³/mol. The molecular weight excluding hydrogens is 455 g/mol. The summed E-state index contributed by atoms with van der Waals surface area (Å²) in [5, 5.41) is 3.50. The minimum absolute atomic E-state index is 0. The van der Waals surface area contributed by atoms with Gasteiger partial charge in [-0.05, 0) is 57.9 Å². The number of rotatable bonds is 9. The number of nitrogens with one attached hydrogen (secondary N) is 1. The van der Waals surface area contributed by atoms with Crippen LogP contribution in [0.15, 0.2) is 4.99 Å². The predicted octanol–water partition coefficient (Wildman–Crippen LogP) is 2.57. The Morgan fingerprint density at radius 2 is 1.85 bits per heavy atom. The average molecular weight is 494 g/mol. The van der Waals surface area contributed by atoms with Gasteiger partial charge in [0.15, 0.2) is 5.96 Å². The Labute approximate surface area is 182 Å². The summed E-state index contributed by atoms with van der Waals surface area (Å²) in [5.41, 5.74) is 0. The number of aliphatic imine (C=N–C) groups is 1. The molecule has 0 aromatic carbocycles. The van der Waals surface area contributed by atoms with E-state index in [1.807, 2.05) is 0 Å². The van der Waals surface area contributed by atoms with Gasteiger partial charge >= 0.3 is 0 Å². The summed E-state index contributed by atoms with van der Waals surface area (Å²) in [6, 6.07) is 0.903. The highest BCUT2D eigenvalue weighted by molar-refractivity contribution is 14.0. The molecule has 158 valence electrons. The number of methoxy groups -OCH3 is 1. The quantitative estimate of drug-likeness (QED) is 0.231. The minimum atomic E-state index is 0. The Morgan fingerprint density at radius 1 is 1.07 bits per heavy atom. The van der Waals surface area contributed by atoms with Crippen molar-refractivity contribution in [3.8, 4) is 0 Å². The Hall–Kier alpha value is -0.120. The molecule has 0 aromatic rings. The number of likely N-dealkylation sites (tertiary alicyclic amines) is 2. The molecule has 3 aliphatic rings. The van der Waals surface area contributed by atoms with E-state index >= 15 is 0 Å². The first-order chi connectivity index (χ1) is 12.8. The van der Waals surface area contributed by atoms with Gasteiger partial charge in [0.05, 0.1) is 6.10 Å². The van der Waals surface area contributed by atoms with Crippen molar-refractivity contribution in [3.63, 3.8) is 0 Å². The minimum Gasteiger partial charge on any atom is -0.385 e. The molecule has 3 fully saturated rings. The monoisotopic (exact) mass is 494 g/mol. The molecule has 3 rings (SSSR count). The molecule has 7 heteroatoms. The van der Waals surface area contributed by atoms with E-state index in [0.29, 0.717) is 6.10 Å². The van der Waals surface area contributed by atoms with Gasteiger partial charge in [-0.2, -0.15) is 0 Å². The first-order valence-corrected chi connectivity index (χ1v) is 10.7. The molecule has 6 nitrogen and oxygen atoms in total. The van der Waals surface area contributed by atoms with Gasteiger partial charge in [0.25, 0.3) is 0 Å². The second-order valence-corrected chi connectivity index (χ2v) is 7.98. The maximum atomic E-state index is 5.98. The van der Waals surface area contributed by atoms with Crippen LogP contribution in [0.1, 0.15) is 45.4 Å². The molecule has 1 aliphatic carbocycles. The summed E-state index contributed by atoms with van der Waals surface area (Å²) in [6.45, 7) is 10.3. The molecule has 27 heavy (non-hydrogen) atoms. The summed E-state index contributed by atoms with van der Waals surface area (Å²) in [6.07, 6.45) is 7.72. The number of piperidine rings is 1. The highest BCUT2D eigenvalue weighted by atomic mass is 127. The summed E-state index contributed by atoms with van der Waals surface area (Å²) in [7, 11) is 1.75. The van der Waals surface area contributed by atoms with Crippen molar-refractivity contribution in [2.24, 2.45) is 10.9 Å². The van der Waals surface area contributed by atoms with E-state index < -0.39 is 0 Å². The number of hydrogen-bond acceptors (Lipinski definition) is 4. The summed E-state index contributed by atoms with van der Waals surface area (Å²) < 4.78 is 11.1. The number of guanidine groups is 1. The van der Waals surface area contributed by atoms with E-state index in [4.69, 9.17) is 14.5 Å². The normalized spacial score (nSPS) is 24.9.